The number of benzene rings is 1. The van der Waals surface area contributed by atoms with Gasteiger partial charge in [0.15, 0.2) is 0 Å². The third kappa shape index (κ3) is 2.49. The number of rotatable bonds is 3. The van der Waals surface area contributed by atoms with Crippen LogP contribution >= 0.6 is 0 Å². The van der Waals surface area contributed by atoms with Gasteiger partial charge in [-0.3, -0.25) is 4.98 Å². The van der Waals surface area contributed by atoms with Crippen LogP contribution in [0, 0.1) is 5.82 Å². The van der Waals surface area contributed by atoms with Crippen molar-refractivity contribution in [2.24, 2.45) is 0 Å². The summed E-state index contributed by atoms with van der Waals surface area (Å²) in [5.41, 5.74) is 15.0. The van der Waals surface area contributed by atoms with Crippen molar-refractivity contribution in [3.8, 4) is 11.3 Å². The summed E-state index contributed by atoms with van der Waals surface area (Å²) in [4.78, 5) is 4.75. The van der Waals surface area contributed by atoms with E-state index in [4.69, 9.17) is 16.5 Å². The molecule has 4 rings (SSSR count). The second-order valence-electron chi connectivity index (χ2n) is 7.85. The van der Waals surface area contributed by atoms with Crippen LogP contribution in [0.2, 0.25) is 0 Å². The number of pyridine rings is 1. The van der Waals surface area contributed by atoms with Gasteiger partial charge in [-0.15, -0.1) is 0 Å². The highest BCUT2D eigenvalue weighted by atomic mass is 19.1. The van der Waals surface area contributed by atoms with Crippen LogP contribution in [0.4, 0.5) is 15.8 Å². The van der Waals surface area contributed by atoms with E-state index in [1.807, 2.05) is 6.07 Å². The summed E-state index contributed by atoms with van der Waals surface area (Å²) >= 11 is 0. The smallest absolute Gasteiger partial charge is 0.124 e. The summed E-state index contributed by atoms with van der Waals surface area (Å²) in [5, 5.41) is 10.6. The number of nitrogens with zero attached hydrogens (tertiary/aromatic N) is 1. The van der Waals surface area contributed by atoms with E-state index in [0.29, 0.717) is 41.0 Å². The maximum absolute atomic E-state index is 14.3. The number of halogens is 1. The van der Waals surface area contributed by atoms with Gasteiger partial charge >= 0.3 is 0 Å². The molecule has 4 nitrogen and oxygen atoms in total. The Kier molecular flexibility index (Phi) is 3.55. The maximum Gasteiger partial charge on any atom is 0.124 e. The number of nitrogen functional groups attached to an aromatic ring is 2. The minimum absolute atomic E-state index is 0.0167. The Morgan fingerprint density at radius 1 is 1.08 bits per heavy atom. The van der Waals surface area contributed by atoms with Crippen molar-refractivity contribution in [1.29, 1.82) is 0 Å². The zero-order valence-corrected chi connectivity index (χ0v) is 14.5. The first-order chi connectivity index (χ1) is 11.8. The summed E-state index contributed by atoms with van der Waals surface area (Å²) in [6.07, 6.45) is 5.41. The van der Waals surface area contributed by atoms with Gasteiger partial charge in [0.1, 0.15) is 5.82 Å². The second kappa shape index (κ2) is 5.43. The molecule has 0 amide bonds. The molecule has 2 aliphatic carbocycles. The predicted octanol–water partition coefficient (Wildman–Crippen LogP) is 3.87. The molecule has 1 aromatic carbocycles. The monoisotopic (exact) mass is 341 g/mol. The minimum Gasteiger partial charge on any atom is -0.398 e. The van der Waals surface area contributed by atoms with Gasteiger partial charge in [0.25, 0.3) is 0 Å². The van der Waals surface area contributed by atoms with Gasteiger partial charge in [0, 0.05) is 22.2 Å². The van der Waals surface area contributed by atoms with Gasteiger partial charge in [0.2, 0.25) is 0 Å². The standard InChI is InChI=1S/C20H24FN3O/c1-19(6-2-7-19)18-15(22)4-5-16(24-18)13-10-12(21)11-14(17(13)23)20(25)8-3-9-20/h4-5,10-11,25H,2-3,6-9,22-23H2,1H3. The van der Waals surface area contributed by atoms with Crippen molar-refractivity contribution in [1.82, 2.24) is 4.98 Å². The van der Waals surface area contributed by atoms with Gasteiger partial charge in [-0.1, -0.05) is 13.3 Å². The summed E-state index contributed by atoms with van der Waals surface area (Å²) in [5.74, 6) is -0.408. The first kappa shape index (κ1) is 16.3. The van der Waals surface area contributed by atoms with E-state index in [2.05, 4.69) is 6.92 Å². The molecule has 0 bridgehead atoms. The average Bonchev–Trinajstić information content (AvgIpc) is 2.53. The van der Waals surface area contributed by atoms with Gasteiger partial charge in [-0.05, 0) is 56.4 Å². The Bertz CT molecular complexity index is 841. The normalized spacial score (nSPS) is 20.6. The van der Waals surface area contributed by atoms with Crippen LogP contribution in [0.15, 0.2) is 24.3 Å². The largest absolute Gasteiger partial charge is 0.398 e. The third-order valence-electron chi connectivity index (χ3n) is 6.06. The lowest BCUT2D eigenvalue weighted by molar-refractivity contribution is -0.0382. The molecule has 0 radical (unpaired) electrons. The SMILES string of the molecule is CC1(c2nc(-c3cc(F)cc(C4(O)CCC4)c3N)ccc2N)CCC1. The number of aromatic nitrogens is 1. The lowest BCUT2D eigenvalue weighted by Crippen LogP contribution is -2.34. The number of hydrogen-bond donors (Lipinski definition) is 3. The van der Waals surface area contributed by atoms with E-state index in [0.717, 1.165) is 25.0 Å². The number of aliphatic hydroxyl groups is 1. The van der Waals surface area contributed by atoms with Gasteiger partial charge in [0.05, 0.1) is 22.7 Å². The molecule has 2 aromatic rings. The molecule has 1 aromatic heterocycles. The lowest BCUT2D eigenvalue weighted by atomic mass is 9.67. The number of hydrogen-bond acceptors (Lipinski definition) is 4. The molecule has 0 saturated heterocycles. The average molecular weight is 341 g/mol. The van der Waals surface area contributed by atoms with Crippen molar-refractivity contribution in [3.05, 3.63) is 41.3 Å². The zero-order chi connectivity index (χ0) is 17.8. The van der Waals surface area contributed by atoms with Crippen molar-refractivity contribution in [3.63, 3.8) is 0 Å². The van der Waals surface area contributed by atoms with Crippen molar-refractivity contribution < 1.29 is 9.50 Å². The minimum atomic E-state index is -1.02. The Morgan fingerprint density at radius 2 is 1.76 bits per heavy atom. The fourth-order valence-electron chi connectivity index (χ4n) is 4.04. The first-order valence-electron chi connectivity index (χ1n) is 8.92. The van der Waals surface area contributed by atoms with E-state index in [9.17, 15) is 9.50 Å². The molecular weight excluding hydrogens is 317 g/mol. The highest BCUT2D eigenvalue weighted by molar-refractivity contribution is 5.78. The van der Waals surface area contributed by atoms with Gasteiger partial charge < -0.3 is 16.6 Å². The topological polar surface area (TPSA) is 85.2 Å². The number of nitrogens with two attached hydrogens (primary N) is 2. The molecule has 5 heteroatoms. The Morgan fingerprint density at radius 3 is 2.32 bits per heavy atom. The molecule has 2 aliphatic rings. The highest BCUT2D eigenvalue weighted by Crippen LogP contribution is 2.47. The molecule has 2 fully saturated rings. The van der Waals surface area contributed by atoms with E-state index < -0.39 is 11.4 Å². The molecule has 0 spiro atoms. The van der Waals surface area contributed by atoms with Crippen LogP contribution in [0.25, 0.3) is 11.3 Å². The van der Waals surface area contributed by atoms with Crippen LogP contribution in [0.3, 0.4) is 0 Å². The van der Waals surface area contributed by atoms with Gasteiger partial charge in [-0.25, -0.2) is 4.39 Å². The molecule has 0 unspecified atom stereocenters. The molecule has 0 aliphatic heterocycles. The molecule has 1 heterocycles. The third-order valence-corrected chi connectivity index (χ3v) is 6.06. The summed E-state index contributed by atoms with van der Waals surface area (Å²) in [6, 6.07) is 6.35. The predicted molar refractivity (Wildman–Crippen MR) is 97.4 cm³/mol. The molecule has 25 heavy (non-hydrogen) atoms. The molecule has 2 saturated carbocycles. The van der Waals surface area contributed by atoms with Crippen LogP contribution in [0.1, 0.15) is 56.7 Å². The number of anilines is 2. The van der Waals surface area contributed by atoms with Gasteiger partial charge in [-0.2, -0.15) is 0 Å². The summed E-state index contributed by atoms with van der Waals surface area (Å²) < 4.78 is 14.3. The maximum atomic E-state index is 14.3. The van der Waals surface area contributed by atoms with Crippen LogP contribution in [0.5, 0.6) is 0 Å². The van der Waals surface area contributed by atoms with Crippen molar-refractivity contribution in [2.45, 2.75) is 56.5 Å². The van der Waals surface area contributed by atoms with Crippen LogP contribution < -0.4 is 11.5 Å². The fraction of sp³-hybridized carbons (Fsp3) is 0.450. The lowest BCUT2D eigenvalue weighted by Gasteiger charge is -2.39. The fourth-order valence-corrected chi connectivity index (χ4v) is 4.04. The first-order valence-corrected chi connectivity index (χ1v) is 8.92. The van der Waals surface area contributed by atoms with Crippen LogP contribution in [-0.2, 0) is 11.0 Å². The summed E-state index contributed by atoms with van der Waals surface area (Å²) in [7, 11) is 0. The van der Waals surface area contributed by atoms with Crippen molar-refractivity contribution >= 4 is 11.4 Å². The van der Waals surface area contributed by atoms with E-state index in [-0.39, 0.29) is 5.41 Å². The van der Waals surface area contributed by atoms with E-state index >= 15 is 0 Å². The Balaban J connectivity index is 1.84. The molecule has 132 valence electrons. The molecule has 5 N–H and O–H groups in total. The van der Waals surface area contributed by atoms with Crippen LogP contribution in [-0.4, -0.2) is 10.1 Å². The molecule has 0 atom stereocenters. The second-order valence-corrected chi connectivity index (χ2v) is 7.85. The molecular formula is C20H24FN3O. The summed E-state index contributed by atoms with van der Waals surface area (Å²) in [6.45, 7) is 2.16. The quantitative estimate of drug-likeness (QED) is 0.740. The van der Waals surface area contributed by atoms with E-state index in [1.165, 1.54) is 18.6 Å². The zero-order valence-electron chi connectivity index (χ0n) is 14.5. The van der Waals surface area contributed by atoms with Crippen molar-refractivity contribution in [2.75, 3.05) is 11.5 Å². The Hall–Kier alpha value is -2.14. The Labute approximate surface area is 147 Å². The highest BCUT2D eigenvalue weighted by Gasteiger charge is 2.39. The van der Waals surface area contributed by atoms with E-state index in [1.54, 1.807) is 6.07 Å².